The fourth-order valence-electron chi connectivity index (χ4n) is 2.55. The van der Waals surface area contributed by atoms with Crippen molar-refractivity contribution in [1.82, 2.24) is 4.90 Å². The van der Waals surface area contributed by atoms with Gasteiger partial charge in [-0.15, -0.1) is 0 Å². The largest absolute Gasteiger partial charge is 1.00 e. The Hall–Kier alpha value is 0.141. The molecule has 1 aromatic rings. The van der Waals surface area contributed by atoms with Gasteiger partial charge in [-0.2, -0.15) is 0 Å². The van der Waals surface area contributed by atoms with Gasteiger partial charge in [-0.25, -0.2) is 0 Å². The first-order valence-corrected chi connectivity index (χ1v) is 7.75. The summed E-state index contributed by atoms with van der Waals surface area (Å²) >= 11 is 0. The first kappa shape index (κ1) is 24.1. The summed E-state index contributed by atoms with van der Waals surface area (Å²) in [4.78, 5) is 13.7. The van der Waals surface area contributed by atoms with Gasteiger partial charge >= 0.3 is 58.4 Å². The van der Waals surface area contributed by atoms with E-state index in [1.807, 2.05) is 0 Å². The number of nitrogens with zero attached hydrogens (tertiary/aromatic N) is 1. The normalized spacial score (nSPS) is 15.4. The van der Waals surface area contributed by atoms with Crippen LogP contribution < -0.4 is 51.4 Å². The van der Waals surface area contributed by atoms with E-state index >= 15 is 0 Å². The minimum absolute atomic E-state index is 0. The molecule has 0 saturated heterocycles. The Morgan fingerprint density at radius 3 is 2.08 bits per heavy atom. The Bertz CT molecular complexity index is 514. The van der Waals surface area contributed by atoms with Gasteiger partial charge in [0.2, 0.25) is 5.91 Å². The molecular formula is C16H24BF3KNO2. The molecule has 0 aliphatic carbocycles. The molecule has 1 rings (SSSR count). The van der Waals surface area contributed by atoms with E-state index in [-0.39, 0.29) is 51.4 Å². The van der Waals surface area contributed by atoms with E-state index < -0.39 is 43.2 Å². The van der Waals surface area contributed by atoms with Crippen molar-refractivity contribution in [2.24, 2.45) is 11.8 Å². The molecule has 0 aliphatic heterocycles. The minimum Gasteiger partial charge on any atom is -0.449 e. The number of likely N-dealkylation sites (N-methyl/N-ethyl adjacent to an activating group) is 1. The molecule has 3 atom stereocenters. The number of carbonyl (C=O) groups excluding carboxylic acids is 1. The quantitative estimate of drug-likeness (QED) is 0.719. The second-order valence-corrected chi connectivity index (χ2v) is 6.34. The molecule has 1 aromatic carbocycles. The summed E-state index contributed by atoms with van der Waals surface area (Å²) in [5.41, 5.74) is 0.626. The second-order valence-electron chi connectivity index (χ2n) is 6.34. The fourth-order valence-corrected chi connectivity index (χ4v) is 2.55. The van der Waals surface area contributed by atoms with Crippen LogP contribution in [0.1, 0.15) is 32.4 Å². The van der Waals surface area contributed by atoms with Crippen molar-refractivity contribution in [3.8, 4) is 0 Å². The van der Waals surface area contributed by atoms with Crippen molar-refractivity contribution >= 4 is 12.9 Å². The van der Waals surface area contributed by atoms with E-state index in [0.29, 0.717) is 5.56 Å². The zero-order valence-corrected chi connectivity index (χ0v) is 18.0. The molecule has 1 amide bonds. The molecule has 3 nitrogen and oxygen atoms in total. The molecule has 0 saturated carbocycles. The Kier molecular flexibility index (Phi) is 10.4. The molecule has 0 aliphatic rings. The van der Waals surface area contributed by atoms with Crippen LogP contribution in [0, 0.1) is 11.8 Å². The molecule has 0 bridgehead atoms. The predicted molar refractivity (Wildman–Crippen MR) is 85.8 cm³/mol. The Labute approximate surface area is 184 Å². The van der Waals surface area contributed by atoms with Crippen LogP contribution in [0.5, 0.6) is 0 Å². The van der Waals surface area contributed by atoms with Gasteiger partial charge in [0.15, 0.2) is 0 Å². The van der Waals surface area contributed by atoms with Crippen molar-refractivity contribution in [3.63, 3.8) is 0 Å². The van der Waals surface area contributed by atoms with Gasteiger partial charge in [-0.1, -0.05) is 50.5 Å². The van der Waals surface area contributed by atoms with Gasteiger partial charge in [0.25, 0.3) is 0 Å². The zero-order chi connectivity index (χ0) is 17.8. The van der Waals surface area contributed by atoms with Crippen LogP contribution in [-0.4, -0.2) is 36.0 Å². The van der Waals surface area contributed by atoms with Gasteiger partial charge in [-0.3, -0.25) is 4.79 Å². The summed E-state index contributed by atoms with van der Waals surface area (Å²) in [6, 6.07) is 8.14. The number of aliphatic hydroxyl groups excluding tert-OH is 1. The molecule has 8 heteroatoms. The third kappa shape index (κ3) is 7.17. The summed E-state index contributed by atoms with van der Waals surface area (Å²) in [5, 5.41) is 10.3. The average molecular weight is 369 g/mol. The molecule has 0 fully saturated rings. The number of rotatable bonds is 7. The molecule has 0 spiro atoms. The van der Waals surface area contributed by atoms with Gasteiger partial charge < -0.3 is 23.0 Å². The van der Waals surface area contributed by atoms with Gasteiger partial charge in [-0.05, 0) is 18.4 Å². The maximum absolute atomic E-state index is 12.8. The maximum atomic E-state index is 12.8. The molecule has 24 heavy (non-hydrogen) atoms. The molecule has 1 N–H and O–H groups in total. The molecule has 1 unspecified atom stereocenters. The predicted octanol–water partition coefficient (Wildman–Crippen LogP) is 0.690. The first-order valence-electron chi connectivity index (χ1n) is 7.75. The third-order valence-corrected chi connectivity index (χ3v) is 4.20. The summed E-state index contributed by atoms with van der Waals surface area (Å²) in [5.74, 6) is -2.12. The van der Waals surface area contributed by atoms with Crippen molar-refractivity contribution in [1.29, 1.82) is 0 Å². The summed E-state index contributed by atoms with van der Waals surface area (Å²) in [7, 11) is 1.44. The number of carbonyl (C=O) groups is 1. The minimum atomic E-state index is -5.04. The van der Waals surface area contributed by atoms with Crippen molar-refractivity contribution in [2.45, 2.75) is 39.2 Å². The van der Waals surface area contributed by atoms with Crippen LogP contribution in [0.2, 0.25) is 6.32 Å². The second kappa shape index (κ2) is 10.3. The van der Waals surface area contributed by atoms with E-state index in [4.69, 9.17) is 0 Å². The van der Waals surface area contributed by atoms with Crippen LogP contribution >= 0.6 is 0 Å². The summed E-state index contributed by atoms with van der Waals surface area (Å²) < 4.78 is 38.3. The number of hydrogen-bond donors (Lipinski definition) is 1. The first-order chi connectivity index (χ1) is 10.5. The molecule has 0 aromatic heterocycles. The van der Waals surface area contributed by atoms with E-state index in [1.165, 1.54) is 11.9 Å². The SMILES string of the molecule is CC(C)C(C[B-](F)(F)F)C(=O)N(C)[C@@H](C)[C@@H](O)c1ccccc1.[K+]. The number of aliphatic hydroxyl groups is 1. The van der Waals surface area contributed by atoms with Gasteiger partial charge in [0.05, 0.1) is 12.1 Å². The number of halogens is 3. The van der Waals surface area contributed by atoms with Crippen molar-refractivity contribution < 1.29 is 74.2 Å². The number of amides is 1. The smallest absolute Gasteiger partial charge is 0.449 e. The molecule has 0 radical (unpaired) electrons. The Morgan fingerprint density at radius 1 is 1.17 bits per heavy atom. The topological polar surface area (TPSA) is 40.5 Å². The van der Waals surface area contributed by atoms with E-state index in [1.54, 1.807) is 51.1 Å². The molecular weight excluding hydrogens is 345 g/mol. The summed E-state index contributed by atoms with van der Waals surface area (Å²) in [6.07, 6.45) is -2.04. The zero-order valence-electron chi connectivity index (χ0n) is 14.9. The molecule has 130 valence electrons. The third-order valence-electron chi connectivity index (χ3n) is 4.20. The summed E-state index contributed by atoms with van der Waals surface area (Å²) in [6.45, 7) is -0.194. The van der Waals surface area contributed by atoms with Gasteiger partial charge in [0, 0.05) is 13.0 Å². The van der Waals surface area contributed by atoms with Crippen LogP contribution in [0.4, 0.5) is 12.9 Å². The maximum Gasteiger partial charge on any atom is 1.00 e. The van der Waals surface area contributed by atoms with Crippen molar-refractivity contribution in [3.05, 3.63) is 35.9 Å². The van der Waals surface area contributed by atoms with Crippen LogP contribution in [0.25, 0.3) is 0 Å². The Balaban J connectivity index is 0.00000529. The van der Waals surface area contributed by atoms with E-state index in [2.05, 4.69) is 0 Å². The Morgan fingerprint density at radius 2 is 1.67 bits per heavy atom. The standard InChI is InChI=1S/C16H24BF3NO2.K/c1-11(2)14(10-17(18,19)20)16(23)21(4)12(3)15(22)13-8-6-5-7-9-13;/h5-9,11-12,14-15,22H,10H2,1-4H3;/q-1;+1/t12-,14?,15+;/m0./s1. The van der Waals surface area contributed by atoms with Crippen molar-refractivity contribution in [2.75, 3.05) is 7.05 Å². The van der Waals surface area contributed by atoms with Crippen LogP contribution in [0.15, 0.2) is 30.3 Å². The fraction of sp³-hybridized carbons (Fsp3) is 0.562. The average Bonchev–Trinajstić information content (AvgIpc) is 2.49. The van der Waals surface area contributed by atoms with E-state index in [9.17, 15) is 22.8 Å². The monoisotopic (exact) mass is 369 g/mol. The van der Waals surface area contributed by atoms with Crippen LogP contribution in [0.3, 0.4) is 0 Å². The number of benzene rings is 1. The molecule has 0 heterocycles. The van der Waals surface area contributed by atoms with Gasteiger partial charge in [0.1, 0.15) is 0 Å². The van der Waals surface area contributed by atoms with Crippen LogP contribution in [-0.2, 0) is 4.79 Å². The number of hydrogen-bond acceptors (Lipinski definition) is 2. The van der Waals surface area contributed by atoms with E-state index in [0.717, 1.165) is 0 Å².